The van der Waals surface area contributed by atoms with E-state index in [1.54, 1.807) is 0 Å². The smallest absolute Gasteiger partial charge is 0.338 e. The van der Waals surface area contributed by atoms with E-state index >= 15 is 0 Å². The Morgan fingerprint density at radius 3 is 2.23 bits per heavy atom. The molecule has 2 atom stereocenters. The number of phenols is 6. The molecule has 0 aliphatic carbocycles. The van der Waals surface area contributed by atoms with Crippen LogP contribution in [-0.4, -0.2) is 47.8 Å². The zero-order chi connectivity index (χ0) is 28.9. The van der Waals surface area contributed by atoms with E-state index in [9.17, 15) is 50.2 Å². The first-order chi connectivity index (χ1) is 19.0. The van der Waals surface area contributed by atoms with E-state index in [1.807, 2.05) is 0 Å². The van der Waals surface area contributed by atoms with Gasteiger partial charge in [-0.25, -0.2) is 4.79 Å². The molecule has 0 fully saturated rings. The summed E-state index contributed by atoms with van der Waals surface area (Å²) in [5.74, 6) is -5.57. The summed E-state index contributed by atoms with van der Waals surface area (Å²) in [4.78, 5) is 36.7. The van der Waals surface area contributed by atoms with E-state index in [0.717, 1.165) is 30.3 Å². The largest absolute Gasteiger partial charge is 0.508 e. The monoisotopic (exact) mass is 549 g/mol. The number of ether oxygens (including phenoxy) is 2. The van der Waals surface area contributed by atoms with Crippen LogP contribution >= 0.6 is 0 Å². The highest BCUT2D eigenvalue weighted by Gasteiger charge is 2.37. The molecule has 4 aromatic rings. The fourth-order valence-corrected chi connectivity index (χ4v) is 4.55. The van der Waals surface area contributed by atoms with Crippen LogP contribution in [0.4, 0.5) is 5.69 Å². The van der Waals surface area contributed by atoms with Gasteiger partial charge in [0.15, 0.2) is 29.0 Å². The fourth-order valence-electron chi connectivity index (χ4n) is 4.55. The van der Waals surface area contributed by atoms with Crippen LogP contribution in [0.3, 0.4) is 0 Å². The minimum atomic E-state index is -1.28. The number of nitrogens with zero attached hydrogens (tertiary/aromatic N) is 1. The minimum absolute atomic E-state index is 0.00429. The average molecular weight is 549 g/mol. The SMILES string of the molecule is O=Nc1c(O)cc(C(=O)O[C@@H]2Cc3c(O)cc(O)cc3O[C@@H]2c2cc(O)c(=O)c3c(O)c(O)ccc3c2)cc1O. The zero-order valence-electron chi connectivity index (χ0n) is 20.1. The van der Waals surface area contributed by atoms with Gasteiger partial charge in [-0.1, -0.05) is 6.07 Å². The first kappa shape index (κ1) is 25.9. The predicted molar refractivity (Wildman–Crippen MR) is 136 cm³/mol. The molecule has 0 unspecified atom stereocenters. The van der Waals surface area contributed by atoms with Gasteiger partial charge in [0.05, 0.1) is 10.9 Å². The van der Waals surface area contributed by atoms with Crippen molar-refractivity contribution in [2.45, 2.75) is 18.6 Å². The van der Waals surface area contributed by atoms with Crippen molar-refractivity contribution >= 4 is 22.4 Å². The van der Waals surface area contributed by atoms with Gasteiger partial charge in [-0.3, -0.25) is 4.79 Å². The highest BCUT2D eigenvalue weighted by atomic mass is 16.6. The number of aromatic hydroxyl groups is 7. The van der Waals surface area contributed by atoms with Gasteiger partial charge >= 0.3 is 5.97 Å². The second-order valence-electron chi connectivity index (χ2n) is 8.98. The molecule has 0 saturated carbocycles. The topological polar surface area (TPSA) is 224 Å². The molecule has 0 aromatic heterocycles. The summed E-state index contributed by atoms with van der Waals surface area (Å²) >= 11 is 0. The van der Waals surface area contributed by atoms with Crippen molar-refractivity contribution in [1.29, 1.82) is 0 Å². The normalized spacial score (nSPS) is 16.1. The van der Waals surface area contributed by atoms with Gasteiger partial charge in [-0.05, 0) is 40.9 Å². The van der Waals surface area contributed by atoms with E-state index in [1.165, 1.54) is 18.2 Å². The quantitative estimate of drug-likeness (QED) is 0.110. The van der Waals surface area contributed by atoms with Crippen molar-refractivity contribution in [3.8, 4) is 46.0 Å². The summed E-state index contributed by atoms with van der Waals surface area (Å²) in [6, 6.07) is 8.73. The summed E-state index contributed by atoms with van der Waals surface area (Å²) in [5, 5.41) is 73.0. The first-order valence-electron chi connectivity index (χ1n) is 11.5. The molecule has 13 heteroatoms. The number of fused-ring (bicyclic) bond motifs is 2. The highest BCUT2D eigenvalue weighted by molar-refractivity contribution is 5.92. The summed E-state index contributed by atoms with van der Waals surface area (Å²) in [7, 11) is 0. The molecule has 1 aliphatic rings. The lowest BCUT2D eigenvalue weighted by atomic mass is 9.94. The van der Waals surface area contributed by atoms with E-state index in [4.69, 9.17) is 9.47 Å². The van der Waals surface area contributed by atoms with Crippen molar-refractivity contribution in [2.75, 3.05) is 0 Å². The molecule has 0 spiro atoms. The van der Waals surface area contributed by atoms with Crippen LogP contribution < -0.4 is 10.2 Å². The highest BCUT2D eigenvalue weighted by Crippen LogP contribution is 2.44. The van der Waals surface area contributed by atoms with E-state index in [2.05, 4.69) is 5.18 Å². The molecule has 7 N–H and O–H groups in total. The molecule has 0 amide bonds. The first-order valence-corrected chi connectivity index (χ1v) is 11.5. The van der Waals surface area contributed by atoms with Crippen molar-refractivity contribution in [3.63, 3.8) is 0 Å². The molecule has 0 bridgehead atoms. The molecule has 0 saturated heterocycles. The second-order valence-corrected chi connectivity index (χ2v) is 8.98. The molecule has 40 heavy (non-hydrogen) atoms. The third-order valence-corrected chi connectivity index (χ3v) is 6.42. The third-order valence-electron chi connectivity index (χ3n) is 6.42. The molecule has 204 valence electrons. The number of nitroso groups, excluding NO2 is 1. The molecule has 1 aliphatic heterocycles. The molecular weight excluding hydrogens is 530 g/mol. The Kier molecular flexibility index (Phi) is 6.18. The lowest BCUT2D eigenvalue weighted by molar-refractivity contribution is -0.0188. The van der Waals surface area contributed by atoms with E-state index in [-0.39, 0.29) is 45.7 Å². The number of benzene rings is 3. The number of rotatable bonds is 4. The van der Waals surface area contributed by atoms with E-state index < -0.39 is 63.4 Å². The number of hydrogen-bond acceptors (Lipinski definition) is 13. The number of carbonyl (C=O) groups is 1. The summed E-state index contributed by atoms with van der Waals surface area (Å²) in [6.45, 7) is 0. The molecule has 5 rings (SSSR count). The van der Waals surface area contributed by atoms with Crippen molar-refractivity contribution < 1.29 is 50.0 Å². The molecule has 1 heterocycles. The standard InChI is InChI=1S/C27H19NO12/c29-13-7-16(31)14-9-21(40-27(37)12-5-17(32)23(28-38)18(33)6-12)26(39-20(14)8-13)11-3-10-1-2-15(30)24(35)22(10)25(36)19(34)4-11/h1-8,21,26,29-33,35H,9H2,(H,34,36)/t21-,26-/m1/s1. The van der Waals surface area contributed by atoms with Crippen LogP contribution in [0.5, 0.6) is 46.0 Å². The molecular formula is C27H19NO12. The van der Waals surface area contributed by atoms with Crippen LogP contribution in [-0.2, 0) is 11.2 Å². The summed E-state index contributed by atoms with van der Waals surface area (Å²) in [5.41, 5.74) is -1.84. The van der Waals surface area contributed by atoms with Gasteiger partial charge in [0.2, 0.25) is 5.43 Å². The van der Waals surface area contributed by atoms with E-state index in [0.29, 0.717) is 0 Å². The van der Waals surface area contributed by atoms with Gasteiger partial charge in [0.25, 0.3) is 0 Å². The fraction of sp³-hybridized carbons (Fsp3) is 0.111. The maximum atomic E-state index is 13.1. The number of phenolic OH excluding ortho intramolecular Hbond substituents is 6. The Bertz CT molecular complexity index is 1760. The van der Waals surface area contributed by atoms with Gasteiger partial charge in [0.1, 0.15) is 34.9 Å². The average Bonchev–Trinajstić information content (AvgIpc) is 3.02. The van der Waals surface area contributed by atoms with Gasteiger partial charge in [-0.2, -0.15) is 0 Å². The van der Waals surface area contributed by atoms with Crippen LogP contribution in [0, 0.1) is 4.91 Å². The Balaban J connectivity index is 1.65. The lowest BCUT2D eigenvalue weighted by Crippen LogP contribution is -2.34. The Labute approximate surface area is 222 Å². The minimum Gasteiger partial charge on any atom is -0.508 e. The van der Waals surface area contributed by atoms with Gasteiger partial charge in [-0.15, -0.1) is 4.91 Å². The third kappa shape index (κ3) is 4.34. The molecule has 13 nitrogen and oxygen atoms in total. The Morgan fingerprint density at radius 1 is 0.850 bits per heavy atom. The van der Waals surface area contributed by atoms with Crippen molar-refractivity contribution in [1.82, 2.24) is 0 Å². The van der Waals surface area contributed by atoms with Crippen molar-refractivity contribution in [2.24, 2.45) is 5.18 Å². The van der Waals surface area contributed by atoms with Crippen LogP contribution in [0.25, 0.3) is 10.8 Å². The lowest BCUT2D eigenvalue weighted by Gasteiger charge is -2.33. The van der Waals surface area contributed by atoms with Gasteiger partial charge in [0, 0.05) is 29.7 Å². The maximum absolute atomic E-state index is 13.1. The molecule has 0 radical (unpaired) electrons. The second kappa shape index (κ2) is 9.54. The van der Waals surface area contributed by atoms with Crippen LogP contribution in [0.1, 0.15) is 27.6 Å². The summed E-state index contributed by atoms with van der Waals surface area (Å²) < 4.78 is 11.6. The summed E-state index contributed by atoms with van der Waals surface area (Å²) in [6.07, 6.45) is -2.76. The Hall–Kier alpha value is -5.72. The van der Waals surface area contributed by atoms with Crippen molar-refractivity contribution in [3.05, 3.63) is 80.4 Å². The predicted octanol–water partition coefficient (Wildman–Crippen LogP) is 3.44. The van der Waals surface area contributed by atoms with Gasteiger partial charge < -0.3 is 45.2 Å². The number of carbonyl (C=O) groups excluding carboxylic acids is 1. The van der Waals surface area contributed by atoms with Crippen LogP contribution in [0.2, 0.25) is 0 Å². The maximum Gasteiger partial charge on any atom is 0.338 e. The zero-order valence-corrected chi connectivity index (χ0v) is 20.1. The number of esters is 1. The molecule has 4 aromatic carbocycles. The Morgan fingerprint density at radius 2 is 1.55 bits per heavy atom. The van der Waals surface area contributed by atoms with Crippen LogP contribution in [0.15, 0.2) is 58.5 Å². The number of hydrogen-bond donors (Lipinski definition) is 7.